The topological polar surface area (TPSA) is 159 Å². The molecule has 4 atom stereocenters. The number of aromatic hydroxyl groups is 2. The quantitative estimate of drug-likeness (QED) is 0.276. The van der Waals surface area contributed by atoms with E-state index in [2.05, 4.69) is 0 Å². The third-order valence-electron chi connectivity index (χ3n) is 8.67. The van der Waals surface area contributed by atoms with E-state index in [9.17, 15) is 39.3 Å². The van der Waals surface area contributed by atoms with Gasteiger partial charge in [-0.3, -0.25) is 19.2 Å². The number of aromatic carboxylic acids is 1. The van der Waals surface area contributed by atoms with Crippen LogP contribution in [0.15, 0.2) is 70.8 Å². The maximum atomic E-state index is 14.0. The Kier molecular flexibility index (Phi) is 6.36. The number of ether oxygens (including phenoxy) is 1. The van der Waals surface area contributed by atoms with Crippen molar-refractivity contribution in [2.75, 3.05) is 11.5 Å². The number of nitrogens with zero attached hydrogens (tertiary/aromatic N) is 1. The van der Waals surface area contributed by atoms with Gasteiger partial charge in [-0.05, 0) is 56.9 Å². The lowest BCUT2D eigenvalue weighted by atomic mass is 9.59. The molecular formula is C32H27NO9. The van der Waals surface area contributed by atoms with Crippen molar-refractivity contribution >= 4 is 35.0 Å². The maximum Gasteiger partial charge on any atom is 0.339 e. The molecule has 3 aliphatic carbocycles. The van der Waals surface area contributed by atoms with Crippen molar-refractivity contribution < 1.29 is 44.0 Å². The van der Waals surface area contributed by atoms with Crippen LogP contribution in [0.4, 0.5) is 5.69 Å². The van der Waals surface area contributed by atoms with Gasteiger partial charge >= 0.3 is 5.97 Å². The number of allylic oxidation sites excluding steroid dienone is 6. The van der Waals surface area contributed by atoms with Crippen molar-refractivity contribution in [2.24, 2.45) is 17.8 Å². The molecule has 2 aromatic carbocycles. The second kappa shape index (κ2) is 9.83. The smallest absolute Gasteiger partial charge is 0.339 e. The van der Waals surface area contributed by atoms with Gasteiger partial charge in [0, 0.05) is 34.3 Å². The highest BCUT2D eigenvalue weighted by Gasteiger charge is 2.57. The lowest BCUT2D eigenvalue weighted by Crippen LogP contribution is -2.39. The molecule has 4 aliphatic rings. The van der Waals surface area contributed by atoms with Crippen molar-refractivity contribution in [1.29, 1.82) is 0 Å². The molecule has 42 heavy (non-hydrogen) atoms. The minimum atomic E-state index is -1.36. The summed E-state index contributed by atoms with van der Waals surface area (Å²) in [4.78, 5) is 66.8. The molecular weight excluding hydrogens is 542 g/mol. The Bertz CT molecular complexity index is 1710. The van der Waals surface area contributed by atoms with Crippen molar-refractivity contribution in [3.63, 3.8) is 0 Å². The van der Waals surface area contributed by atoms with E-state index >= 15 is 0 Å². The van der Waals surface area contributed by atoms with Gasteiger partial charge in [-0.2, -0.15) is 0 Å². The Morgan fingerprint density at radius 1 is 1.05 bits per heavy atom. The van der Waals surface area contributed by atoms with Gasteiger partial charge < -0.3 is 20.1 Å². The number of carboxylic acids is 1. The number of rotatable bonds is 5. The minimum Gasteiger partial charge on any atom is -0.507 e. The number of amides is 2. The van der Waals surface area contributed by atoms with E-state index in [1.165, 1.54) is 12.1 Å². The highest BCUT2D eigenvalue weighted by molar-refractivity contribution is 6.25. The van der Waals surface area contributed by atoms with Gasteiger partial charge in [-0.1, -0.05) is 23.8 Å². The third kappa shape index (κ3) is 3.89. The van der Waals surface area contributed by atoms with Crippen LogP contribution in [0, 0.1) is 17.8 Å². The van der Waals surface area contributed by atoms with E-state index in [1.807, 2.05) is 6.08 Å². The molecule has 2 amide bonds. The first-order valence-electron chi connectivity index (χ1n) is 13.6. The summed E-state index contributed by atoms with van der Waals surface area (Å²) >= 11 is 0. The fraction of sp³-hybridized carbons (Fsp3) is 0.281. The molecule has 10 heteroatoms. The van der Waals surface area contributed by atoms with Crippen LogP contribution in [-0.4, -0.2) is 51.3 Å². The first kappa shape index (κ1) is 27.2. The third-order valence-corrected chi connectivity index (χ3v) is 8.67. The van der Waals surface area contributed by atoms with Crippen LogP contribution in [0.1, 0.15) is 48.5 Å². The molecule has 214 valence electrons. The Hall–Kier alpha value is -4.99. The SMILES string of the molecule is CCOc1cccc(C2C3=CCC4C(=O)N(c5ccc(C(=O)O)c(O)c5)C(=O)C4C3CC3=C2C(=O)C=C(C)C3=O)c1O. The van der Waals surface area contributed by atoms with E-state index in [4.69, 9.17) is 4.74 Å². The molecule has 2 aromatic rings. The van der Waals surface area contributed by atoms with E-state index in [0.717, 1.165) is 17.0 Å². The summed E-state index contributed by atoms with van der Waals surface area (Å²) in [5, 5.41) is 30.7. The number of carboxylic acid groups (broad SMARTS) is 1. The van der Waals surface area contributed by atoms with Crippen LogP contribution >= 0.6 is 0 Å². The fourth-order valence-corrected chi connectivity index (χ4v) is 6.88. The second-order valence-corrected chi connectivity index (χ2v) is 10.9. The van der Waals surface area contributed by atoms with Crippen LogP contribution in [0.5, 0.6) is 17.2 Å². The number of hydrogen-bond donors (Lipinski definition) is 3. The molecule has 0 aromatic heterocycles. The predicted molar refractivity (Wildman–Crippen MR) is 148 cm³/mol. The largest absolute Gasteiger partial charge is 0.507 e. The van der Waals surface area contributed by atoms with Gasteiger partial charge in [0.25, 0.3) is 0 Å². The highest BCUT2D eigenvalue weighted by Crippen LogP contribution is 2.57. The zero-order valence-electron chi connectivity index (χ0n) is 22.8. The number of fused-ring (bicyclic) bond motifs is 3. The summed E-state index contributed by atoms with van der Waals surface area (Å²) in [5.74, 6) is -6.69. The summed E-state index contributed by atoms with van der Waals surface area (Å²) in [6.07, 6.45) is 3.37. The fourth-order valence-electron chi connectivity index (χ4n) is 6.88. The second-order valence-electron chi connectivity index (χ2n) is 10.9. The van der Waals surface area contributed by atoms with Crippen molar-refractivity contribution in [1.82, 2.24) is 0 Å². The average molecular weight is 570 g/mol. The van der Waals surface area contributed by atoms with Gasteiger partial charge in [0.1, 0.15) is 11.3 Å². The molecule has 0 bridgehead atoms. The minimum absolute atomic E-state index is 0.0421. The summed E-state index contributed by atoms with van der Waals surface area (Å²) < 4.78 is 5.59. The molecule has 1 fully saturated rings. The summed E-state index contributed by atoms with van der Waals surface area (Å²) in [6.45, 7) is 3.62. The first-order chi connectivity index (χ1) is 20.0. The number of benzene rings is 2. The standard InChI is InChI=1S/C32H27NO9/c1-3-42-24-6-4-5-18(29(24)37)25-16-9-10-19-26(20(16)13-21-27(25)23(35)11-14(2)28(21)36)31(39)33(30(19)38)15-7-8-17(32(40)41)22(34)12-15/h4-9,11-12,19-20,25-26,34,37H,3,10,13H2,1-2H3,(H,40,41). The Morgan fingerprint density at radius 2 is 1.81 bits per heavy atom. The normalized spacial score (nSPS) is 25.0. The number of Topliss-reactive ketones (excluding diaryl/α,β-unsaturated/α-hetero) is 1. The lowest BCUT2D eigenvalue weighted by Gasteiger charge is -2.42. The number of imide groups is 1. The molecule has 1 saturated heterocycles. The predicted octanol–water partition coefficient (Wildman–Crippen LogP) is 3.83. The van der Waals surface area contributed by atoms with Crippen molar-refractivity contribution in [2.45, 2.75) is 32.6 Å². The Morgan fingerprint density at radius 3 is 2.50 bits per heavy atom. The number of phenols is 2. The summed E-state index contributed by atoms with van der Waals surface area (Å²) in [6, 6.07) is 8.44. The van der Waals surface area contributed by atoms with Crippen LogP contribution in [-0.2, 0) is 19.2 Å². The van der Waals surface area contributed by atoms with Gasteiger partial charge in [0.15, 0.2) is 23.1 Å². The van der Waals surface area contributed by atoms with Gasteiger partial charge in [-0.15, -0.1) is 0 Å². The van der Waals surface area contributed by atoms with E-state index in [1.54, 1.807) is 32.0 Å². The monoisotopic (exact) mass is 569 g/mol. The molecule has 6 rings (SSSR count). The molecule has 3 N–H and O–H groups in total. The van der Waals surface area contributed by atoms with E-state index in [-0.39, 0.29) is 63.9 Å². The molecule has 1 heterocycles. The number of carbonyl (C=O) groups is 5. The molecule has 0 spiro atoms. The number of carbonyl (C=O) groups excluding carboxylic acids is 4. The first-order valence-corrected chi connectivity index (χ1v) is 13.6. The molecule has 0 radical (unpaired) electrons. The molecule has 0 saturated carbocycles. The molecule has 4 unspecified atom stereocenters. The van der Waals surface area contributed by atoms with Crippen LogP contribution in [0.2, 0.25) is 0 Å². The number of ketones is 2. The van der Waals surface area contributed by atoms with Crippen molar-refractivity contribution in [3.8, 4) is 17.2 Å². The van der Waals surface area contributed by atoms with E-state index < -0.39 is 47.2 Å². The number of para-hydroxylation sites is 1. The zero-order chi connectivity index (χ0) is 30.0. The number of anilines is 1. The summed E-state index contributed by atoms with van der Waals surface area (Å²) in [7, 11) is 0. The van der Waals surface area contributed by atoms with Crippen molar-refractivity contribution in [3.05, 3.63) is 82.0 Å². The molecule has 1 aliphatic heterocycles. The van der Waals surface area contributed by atoms with Gasteiger partial charge in [0.05, 0.1) is 24.1 Å². The number of phenolic OH excluding ortho intramolecular Hbond substituents is 1. The Labute approximate surface area is 240 Å². The van der Waals surface area contributed by atoms with Gasteiger partial charge in [0.2, 0.25) is 11.8 Å². The van der Waals surface area contributed by atoms with Crippen LogP contribution in [0.3, 0.4) is 0 Å². The highest BCUT2D eigenvalue weighted by atomic mass is 16.5. The van der Waals surface area contributed by atoms with Gasteiger partial charge in [-0.25, -0.2) is 9.69 Å². The van der Waals surface area contributed by atoms with Crippen LogP contribution in [0.25, 0.3) is 0 Å². The lowest BCUT2D eigenvalue weighted by molar-refractivity contribution is -0.123. The Balaban J connectivity index is 1.47. The van der Waals surface area contributed by atoms with E-state index in [0.29, 0.717) is 17.7 Å². The van der Waals surface area contributed by atoms with Crippen LogP contribution < -0.4 is 9.64 Å². The summed E-state index contributed by atoms with van der Waals surface area (Å²) in [5.41, 5.74) is 1.48. The zero-order valence-corrected chi connectivity index (χ0v) is 22.8. The molecule has 10 nitrogen and oxygen atoms in total. The maximum absolute atomic E-state index is 14.0. The average Bonchev–Trinajstić information content (AvgIpc) is 3.21. The number of hydrogen-bond acceptors (Lipinski definition) is 8.